The molecule has 2 N–H and O–H groups in total. The van der Waals surface area contributed by atoms with Gasteiger partial charge in [-0.05, 0) is 50.5 Å². The van der Waals surface area contributed by atoms with E-state index in [4.69, 9.17) is 9.84 Å². The zero-order valence-electron chi connectivity index (χ0n) is 10.8. The van der Waals surface area contributed by atoms with Crippen molar-refractivity contribution in [2.24, 2.45) is 0 Å². The molecule has 18 heavy (non-hydrogen) atoms. The molecule has 0 saturated carbocycles. The molecule has 1 heterocycles. The quantitative estimate of drug-likeness (QED) is 0.864. The predicted molar refractivity (Wildman–Crippen MR) is 70.2 cm³/mol. The normalized spacial score (nSPS) is 18.3. The summed E-state index contributed by atoms with van der Waals surface area (Å²) in [5, 5.41) is 12.5. The number of aryl methyl sites for hydroxylation is 1. The maximum atomic E-state index is 10.9. The van der Waals surface area contributed by atoms with Crippen LogP contribution in [0.3, 0.4) is 0 Å². The minimum absolute atomic E-state index is 0.0371. The number of benzene rings is 1. The van der Waals surface area contributed by atoms with Crippen LogP contribution in [0.1, 0.15) is 35.7 Å². The second-order valence-electron chi connectivity index (χ2n) is 5.13. The number of carboxylic acid groups (broad SMARTS) is 1. The van der Waals surface area contributed by atoms with Crippen LogP contribution in [0.4, 0.5) is 5.69 Å². The van der Waals surface area contributed by atoms with Gasteiger partial charge in [0.1, 0.15) is 0 Å². The maximum absolute atomic E-state index is 10.9. The van der Waals surface area contributed by atoms with E-state index in [1.807, 2.05) is 19.1 Å². The number of hydrogen-bond acceptors (Lipinski definition) is 3. The van der Waals surface area contributed by atoms with Crippen LogP contribution in [0.2, 0.25) is 0 Å². The van der Waals surface area contributed by atoms with E-state index in [2.05, 4.69) is 12.2 Å². The molecule has 0 bridgehead atoms. The Morgan fingerprint density at radius 1 is 1.39 bits per heavy atom. The first-order chi connectivity index (χ1) is 8.50. The van der Waals surface area contributed by atoms with E-state index >= 15 is 0 Å². The van der Waals surface area contributed by atoms with Gasteiger partial charge in [0.2, 0.25) is 0 Å². The van der Waals surface area contributed by atoms with Crippen LogP contribution in [0.25, 0.3) is 0 Å². The Morgan fingerprint density at radius 2 is 2.06 bits per heavy atom. The van der Waals surface area contributed by atoms with Gasteiger partial charge in [0.15, 0.2) is 0 Å². The lowest BCUT2D eigenvalue weighted by atomic mass is 9.92. The molecule has 4 heteroatoms. The fraction of sp³-hybridized carbons (Fsp3) is 0.500. The molecule has 0 aliphatic carbocycles. The molecule has 2 rings (SSSR count). The summed E-state index contributed by atoms with van der Waals surface area (Å²) < 4.78 is 5.36. The maximum Gasteiger partial charge on any atom is 0.335 e. The van der Waals surface area contributed by atoms with Crippen molar-refractivity contribution in [2.75, 3.05) is 18.5 Å². The molecule has 0 unspecified atom stereocenters. The highest BCUT2D eigenvalue weighted by atomic mass is 16.5. The van der Waals surface area contributed by atoms with Crippen LogP contribution in [0.15, 0.2) is 18.2 Å². The third-order valence-electron chi connectivity index (χ3n) is 3.50. The molecule has 0 amide bonds. The second kappa shape index (κ2) is 4.98. The van der Waals surface area contributed by atoms with Crippen LogP contribution in [-0.2, 0) is 4.74 Å². The van der Waals surface area contributed by atoms with Crippen molar-refractivity contribution in [1.29, 1.82) is 0 Å². The van der Waals surface area contributed by atoms with Gasteiger partial charge in [0.25, 0.3) is 0 Å². The molecule has 1 aliphatic rings. The summed E-state index contributed by atoms with van der Waals surface area (Å²) in [6, 6.07) is 5.38. The Kier molecular flexibility index (Phi) is 3.57. The summed E-state index contributed by atoms with van der Waals surface area (Å²) in [6.07, 6.45) is 1.93. The summed E-state index contributed by atoms with van der Waals surface area (Å²) >= 11 is 0. The molecular weight excluding hydrogens is 230 g/mol. The number of ether oxygens (including phenoxy) is 1. The molecule has 4 nitrogen and oxygen atoms in total. The van der Waals surface area contributed by atoms with Crippen molar-refractivity contribution in [2.45, 2.75) is 32.2 Å². The number of carboxylic acids is 1. The summed E-state index contributed by atoms with van der Waals surface area (Å²) in [7, 11) is 0. The molecule has 0 radical (unpaired) electrons. The first-order valence-electron chi connectivity index (χ1n) is 6.20. The number of carbonyl (C=O) groups is 1. The van der Waals surface area contributed by atoms with Gasteiger partial charge in [-0.3, -0.25) is 0 Å². The van der Waals surface area contributed by atoms with Crippen molar-refractivity contribution >= 4 is 11.7 Å². The molecule has 0 aromatic heterocycles. The Morgan fingerprint density at radius 3 is 2.61 bits per heavy atom. The van der Waals surface area contributed by atoms with Crippen molar-refractivity contribution in [3.05, 3.63) is 29.3 Å². The van der Waals surface area contributed by atoms with Crippen molar-refractivity contribution in [3.8, 4) is 0 Å². The van der Waals surface area contributed by atoms with Crippen LogP contribution in [0, 0.1) is 6.92 Å². The van der Waals surface area contributed by atoms with E-state index in [-0.39, 0.29) is 5.54 Å². The highest BCUT2D eigenvalue weighted by molar-refractivity contribution is 5.89. The molecule has 98 valence electrons. The molecule has 1 aliphatic heterocycles. The van der Waals surface area contributed by atoms with Crippen molar-refractivity contribution in [3.63, 3.8) is 0 Å². The van der Waals surface area contributed by atoms with Gasteiger partial charge < -0.3 is 15.2 Å². The summed E-state index contributed by atoms with van der Waals surface area (Å²) in [6.45, 7) is 5.54. The van der Waals surface area contributed by atoms with E-state index in [1.165, 1.54) is 0 Å². The van der Waals surface area contributed by atoms with Crippen LogP contribution >= 0.6 is 0 Å². The average molecular weight is 249 g/mol. The third-order valence-corrected chi connectivity index (χ3v) is 3.50. The predicted octanol–water partition coefficient (Wildman–Crippen LogP) is 2.67. The van der Waals surface area contributed by atoms with Gasteiger partial charge in [0.05, 0.1) is 5.56 Å². The second-order valence-corrected chi connectivity index (χ2v) is 5.13. The van der Waals surface area contributed by atoms with Gasteiger partial charge in [-0.2, -0.15) is 0 Å². The van der Waals surface area contributed by atoms with Crippen LogP contribution in [-0.4, -0.2) is 29.8 Å². The van der Waals surface area contributed by atoms with Crippen LogP contribution < -0.4 is 5.32 Å². The van der Waals surface area contributed by atoms with Gasteiger partial charge in [-0.15, -0.1) is 0 Å². The number of nitrogens with one attached hydrogen (secondary N) is 1. The zero-order valence-corrected chi connectivity index (χ0v) is 10.8. The first kappa shape index (κ1) is 12.9. The average Bonchev–Trinajstić information content (AvgIpc) is 2.28. The molecule has 0 spiro atoms. The molecule has 1 fully saturated rings. The molecule has 1 aromatic carbocycles. The Labute approximate surface area is 107 Å². The SMILES string of the molecule is Cc1cc(NC2(C)CCOCC2)ccc1C(=O)O. The van der Waals surface area contributed by atoms with Gasteiger partial charge in [0, 0.05) is 24.4 Å². The lowest BCUT2D eigenvalue weighted by Gasteiger charge is -2.35. The number of anilines is 1. The van der Waals surface area contributed by atoms with Gasteiger partial charge in [-0.1, -0.05) is 0 Å². The fourth-order valence-corrected chi connectivity index (χ4v) is 2.28. The van der Waals surface area contributed by atoms with E-state index in [9.17, 15) is 4.79 Å². The first-order valence-corrected chi connectivity index (χ1v) is 6.20. The Bertz CT molecular complexity index is 450. The van der Waals surface area contributed by atoms with Gasteiger partial charge >= 0.3 is 5.97 Å². The van der Waals surface area contributed by atoms with E-state index in [0.717, 1.165) is 37.3 Å². The summed E-state index contributed by atoms with van der Waals surface area (Å²) in [5.41, 5.74) is 2.15. The Balaban J connectivity index is 2.14. The topological polar surface area (TPSA) is 58.6 Å². The van der Waals surface area contributed by atoms with Crippen molar-refractivity contribution < 1.29 is 14.6 Å². The fourth-order valence-electron chi connectivity index (χ4n) is 2.28. The standard InChI is InChI=1S/C14H19NO3/c1-10-9-11(3-4-12(10)13(16)17)15-14(2)5-7-18-8-6-14/h3-4,9,15H,5-8H2,1-2H3,(H,16,17). The molecule has 1 saturated heterocycles. The highest BCUT2D eigenvalue weighted by Crippen LogP contribution is 2.26. The summed E-state index contributed by atoms with van der Waals surface area (Å²) in [5.74, 6) is -0.878. The smallest absolute Gasteiger partial charge is 0.335 e. The van der Waals surface area contributed by atoms with Gasteiger partial charge in [-0.25, -0.2) is 4.79 Å². The van der Waals surface area contributed by atoms with E-state index < -0.39 is 5.97 Å². The molecule has 0 atom stereocenters. The van der Waals surface area contributed by atoms with Crippen molar-refractivity contribution in [1.82, 2.24) is 0 Å². The number of hydrogen-bond donors (Lipinski definition) is 2. The minimum Gasteiger partial charge on any atom is -0.478 e. The minimum atomic E-state index is -0.878. The Hall–Kier alpha value is -1.55. The lowest BCUT2D eigenvalue weighted by molar-refractivity contribution is 0.0658. The van der Waals surface area contributed by atoms with E-state index in [1.54, 1.807) is 6.07 Å². The third kappa shape index (κ3) is 2.82. The number of rotatable bonds is 3. The van der Waals surface area contributed by atoms with E-state index in [0.29, 0.717) is 5.56 Å². The zero-order chi connectivity index (χ0) is 13.2. The highest BCUT2D eigenvalue weighted by Gasteiger charge is 2.27. The molecular formula is C14H19NO3. The largest absolute Gasteiger partial charge is 0.478 e. The summed E-state index contributed by atoms with van der Waals surface area (Å²) in [4.78, 5) is 10.9. The monoisotopic (exact) mass is 249 g/mol. The molecule has 1 aromatic rings. The number of aromatic carboxylic acids is 1. The lowest BCUT2D eigenvalue weighted by Crippen LogP contribution is -2.40. The van der Waals surface area contributed by atoms with Crippen LogP contribution in [0.5, 0.6) is 0 Å².